The Labute approximate surface area is 148 Å². The summed E-state index contributed by atoms with van der Waals surface area (Å²) in [5.41, 5.74) is 0.206. The molecular formula is C17H26N2O5S. The van der Waals surface area contributed by atoms with Gasteiger partial charge in [-0.05, 0) is 49.9 Å². The van der Waals surface area contributed by atoms with Crippen LogP contribution in [0.5, 0.6) is 0 Å². The standard InChI is InChI=1S/C17H26N2O5S/c1-5-12(4)19-25(23,24)14-8-6-13(7-9-14)16(20)18-15(17(21)22)10-11(2)3/h6-9,11-12,15,19H,5,10H2,1-4H3,(H,18,20)(H,21,22)/t12?,15-/m1/s1. The van der Waals surface area contributed by atoms with E-state index in [1.807, 2.05) is 20.8 Å². The van der Waals surface area contributed by atoms with E-state index in [2.05, 4.69) is 10.0 Å². The van der Waals surface area contributed by atoms with Crippen molar-refractivity contribution in [2.45, 2.75) is 57.5 Å². The number of hydrogen-bond donors (Lipinski definition) is 3. The van der Waals surface area contributed by atoms with Crippen LogP contribution < -0.4 is 10.0 Å². The second kappa shape index (κ2) is 8.96. The average Bonchev–Trinajstić information content (AvgIpc) is 2.53. The van der Waals surface area contributed by atoms with E-state index in [1.165, 1.54) is 24.3 Å². The Bertz CT molecular complexity index is 698. The highest BCUT2D eigenvalue weighted by molar-refractivity contribution is 7.89. The molecule has 0 aromatic heterocycles. The molecule has 140 valence electrons. The molecule has 1 aromatic rings. The summed E-state index contributed by atoms with van der Waals surface area (Å²) >= 11 is 0. The van der Waals surface area contributed by atoms with Gasteiger partial charge in [-0.25, -0.2) is 17.9 Å². The molecule has 7 nitrogen and oxygen atoms in total. The van der Waals surface area contributed by atoms with E-state index in [1.54, 1.807) is 6.92 Å². The number of rotatable bonds is 9. The Morgan fingerprint density at radius 1 is 1.12 bits per heavy atom. The Balaban J connectivity index is 2.88. The Kier molecular flexibility index (Phi) is 7.57. The first-order valence-corrected chi connectivity index (χ1v) is 9.71. The summed E-state index contributed by atoms with van der Waals surface area (Å²) in [6.07, 6.45) is 0.971. The van der Waals surface area contributed by atoms with E-state index in [-0.39, 0.29) is 22.4 Å². The van der Waals surface area contributed by atoms with Gasteiger partial charge in [-0.15, -0.1) is 0 Å². The second-order valence-electron chi connectivity index (χ2n) is 6.45. The minimum atomic E-state index is -3.64. The van der Waals surface area contributed by atoms with Crippen molar-refractivity contribution >= 4 is 21.9 Å². The lowest BCUT2D eigenvalue weighted by molar-refractivity contribution is -0.139. The number of hydrogen-bond acceptors (Lipinski definition) is 4. The molecule has 1 rings (SSSR count). The van der Waals surface area contributed by atoms with Crippen LogP contribution in [0.15, 0.2) is 29.2 Å². The van der Waals surface area contributed by atoms with Gasteiger partial charge in [0.25, 0.3) is 5.91 Å². The normalized spacial score (nSPS) is 14.1. The molecule has 0 aliphatic rings. The lowest BCUT2D eigenvalue weighted by atomic mass is 10.0. The molecule has 0 heterocycles. The number of aliphatic carboxylic acids is 1. The number of carboxylic acids is 1. The third-order valence-electron chi connectivity index (χ3n) is 3.71. The highest BCUT2D eigenvalue weighted by atomic mass is 32.2. The van der Waals surface area contributed by atoms with Gasteiger partial charge in [0.2, 0.25) is 10.0 Å². The van der Waals surface area contributed by atoms with Crippen LogP contribution in [0.1, 0.15) is 50.9 Å². The highest BCUT2D eigenvalue weighted by Gasteiger charge is 2.22. The molecule has 0 bridgehead atoms. The molecule has 0 spiro atoms. The Morgan fingerprint density at radius 2 is 1.68 bits per heavy atom. The monoisotopic (exact) mass is 370 g/mol. The fourth-order valence-corrected chi connectivity index (χ4v) is 3.46. The summed E-state index contributed by atoms with van der Waals surface area (Å²) in [4.78, 5) is 23.5. The molecule has 0 saturated heterocycles. The summed E-state index contributed by atoms with van der Waals surface area (Å²) in [7, 11) is -3.64. The predicted molar refractivity (Wildman–Crippen MR) is 94.9 cm³/mol. The molecule has 2 atom stereocenters. The summed E-state index contributed by atoms with van der Waals surface area (Å²) < 4.78 is 26.9. The fraction of sp³-hybridized carbons (Fsp3) is 0.529. The van der Waals surface area contributed by atoms with Crippen molar-refractivity contribution in [3.05, 3.63) is 29.8 Å². The van der Waals surface area contributed by atoms with E-state index >= 15 is 0 Å². The summed E-state index contributed by atoms with van der Waals surface area (Å²) in [6.45, 7) is 7.37. The van der Waals surface area contributed by atoms with Gasteiger partial charge < -0.3 is 10.4 Å². The maximum absolute atomic E-state index is 12.2. The molecule has 1 amide bonds. The summed E-state index contributed by atoms with van der Waals surface area (Å²) in [5, 5.41) is 11.6. The zero-order valence-electron chi connectivity index (χ0n) is 14.9. The van der Waals surface area contributed by atoms with Crippen LogP contribution in [0.2, 0.25) is 0 Å². The van der Waals surface area contributed by atoms with E-state index in [9.17, 15) is 23.1 Å². The highest BCUT2D eigenvalue weighted by Crippen LogP contribution is 2.13. The number of carboxylic acid groups (broad SMARTS) is 1. The SMILES string of the molecule is CCC(C)NS(=O)(=O)c1ccc(C(=O)N[C@H](CC(C)C)C(=O)O)cc1. The van der Waals surface area contributed by atoms with Gasteiger partial charge in [-0.2, -0.15) is 0 Å². The number of amides is 1. The van der Waals surface area contributed by atoms with Gasteiger partial charge in [0, 0.05) is 11.6 Å². The maximum atomic E-state index is 12.2. The van der Waals surface area contributed by atoms with Crippen LogP contribution >= 0.6 is 0 Å². The minimum absolute atomic E-state index is 0.0568. The molecule has 25 heavy (non-hydrogen) atoms. The smallest absolute Gasteiger partial charge is 0.326 e. The van der Waals surface area contributed by atoms with Crippen LogP contribution in [-0.2, 0) is 14.8 Å². The van der Waals surface area contributed by atoms with Crippen molar-refractivity contribution in [2.75, 3.05) is 0 Å². The molecule has 3 N–H and O–H groups in total. The van der Waals surface area contributed by atoms with E-state index in [4.69, 9.17) is 0 Å². The van der Waals surface area contributed by atoms with Crippen molar-refractivity contribution in [1.29, 1.82) is 0 Å². The molecule has 0 fully saturated rings. The van der Waals surface area contributed by atoms with Crippen molar-refractivity contribution in [3.8, 4) is 0 Å². The van der Waals surface area contributed by atoms with Crippen molar-refractivity contribution < 1.29 is 23.1 Å². The topological polar surface area (TPSA) is 113 Å². The Morgan fingerprint density at radius 3 is 2.12 bits per heavy atom. The molecule has 0 radical (unpaired) electrons. The fourth-order valence-electron chi connectivity index (χ4n) is 2.14. The van der Waals surface area contributed by atoms with Crippen molar-refractivity contribution in [2.24, 2.45) is 5.92 Å². The number of carbonyl (C=O) groups excluding carboxylic acids is 1. The second-order valence-corrected chi connectivity index (χ2v) is 8.16. The van der Waals surface area contributed by atoms with Crippen LogP contribution in [0, 0.1) is 5.92 Å². The third-order valence-corrected chi connectivity index (χ3v) is 5.31. The lowest BCUT2D eigenvalue weighted by Crippen LogP contribution is -2.41. The average molecular weight is 370 g/mol. The van der Waals surface area contributed by atoms with Gasteiger partial charge in [0.15, 0.2) is 0 Å². The van der Waals surface area contributed by atoms with Crippen molar-refractivity contribution in [3.63, 3.8) is 0 Å². The van der Waals surface area contributed by atoms with Crippen molar-refractivity contribution in [1.82, 2.24) is 10.0 Å². The van der Waals surface area contributed by atoms with Gasteiger partial charge in [0.05, 0.1) is 4.90 Å². The van der Waals surface area contributed by atoms with E-state index in [0.717, 1.165) is 0 Å². The van der Waals surface area contributed by atoms with Gasteiger partial charge in [0.1, 0.15) is 6.04 Å². The quantitative estimate of drug-likeness (QED) is 0.615. The number of carbonyl (C=O) groups is 2. The molecule has 8 heteroatoms. The molecule has 1 aromatic carbocycles. The van der Waals surface area contributed by atoms with Crippen LogP contribution in [0.3, 0.4) is 0 Å². The maximum Gasteiger partial charge on any atom is 0.326 e. The van der Waals surface area contributed by atoms with Crippen LogP contribution in [-0.4, -0.2) is 37.5 Å². The van der Waals surface area contributed by atoms with Gasteiger partial charge in [-0.1, -0.05) is 20.8 Å². The first kappa shape index (κ1) is 21.1. The Hall–Kier alpha value is -1.93. The third kappa shape index (κ3) is 6.47. The van der Waals surface area contributed by atoms with Crippen LogP contribution in [0.25, 0.3) is 0 Å². The predicted octanol–water partition coefficient (Wildman–Crippen LogP) is 1.99. The van der Waals surface area contributed by atoms with Crippen LogP contribution in [0.4, 0.5) is 0 Å². The lowest BCUT2D eigenvalue weighted by Gasteiger charge is -2.16. The molecule has 1 unspecified atom stereocenters. The van der Waals surface area contributed by atoms with Gasteiger partial charge >= 0.3 is 5.97 Å². The van der Waals surface area contributed by atoms with E-state index < -0.39 is 27.9 Å². The zero-order chi connectivity index (χ0) is 19.2. The molecule has 0 saturated carbocycles. The summed E-state index contributed by atoms with van der Waals surface area (Å²) in [6, 6.07) is 4.22. The zero-order valence-corrected chi connectivity index (χ0v) is 15.8. The van der Waals surface area contributed by atoms with E-state index in [0.29, 0.717) is 12.8 Å². The van der Waals surface area contributed by atoms with Gasteiger partial charge in [-0.3, -0.25) is 4.79 Å². The number of nitrogens with one attached hydrogen (secondary N) is 2. The number of benzene rings is 1. The number of sulfonamides is 1. The summed E-state index contributed by atoms with van der Waals surface area (Å²) in [5.74, 6) is -1.54. The molecule has 0 aliphatic heterocycles. The first-order valence-electron chi connectivity index (χ1n) is 8.22. The molecular weight excluding hydrogens is 344 g/mol. The largest absolute Gasteiger partial charge is 0.480 e. The minimum Gasteiger partial charge on any atom is -0.480 e. The molecule has 0 aliphatic carbocycles. The first-order chi connectivity index (χ1) is 11.6.